The third-order valence-electron chi connectivity index (χ3n) is 4.40. The largest absolute Gasteiger partial charge is 0.396 e. The maximum Gasteiger partial charge on any atom is 0.221 e. The molecule has 1 atom stereocenters. The molecule has 0 radical (unpaired) electrons. The van der Waals surface area contributed by atoms with E-state index in [1.54, 1.807) is 0 Å². The minimum absolute atomic E-state index is 0. The lowest BCUT2D eigenvalue weighted by atomic mass is 9.83. The van der Waals surface area contributed by atoms with Crippen LogP contribution < -0.4 is 10.6 Å². The van der Waals surface area contributed by atoms with E-state index >= 15 is 0 Å². The average molecular weight is 323 g/mol. The highest BCUT2D eigenvalue weighted by molar-refractivity contribution is 7.99. The monoisotopic (exact) mass is 322 g/mol. The van der Waals surface area contributed by atoms with Gasteiger partial charge in [-0.2, -0.15) is 11.8 Å². The van der Waals surface area contributed by atoms with Crippen molar-refractivity contribution >= 4 is 30.1 Å². The van der Waals surface area contributed by atoms with Gasteiger partial charge in [-0.05, 0) is 24.7 Å². The highest BCUT2D eigenvalue weighted by Crippen LogP contribution is 2.40. The zero-order chi connectivity index (χ0) is 13.6. The fourth-order valence-electron chi connectivity index (χ4n) is 3.21. The number of aliphatic hydroxyl groups excluding tert-OH is 1. The van der Waals surface area contributed by atoms with Gasteiger partial charge in [0.25, 0.3) is 0 Å². The Morgan fingerprint density at radius 3 is 2.75 bits per heavy atom. The topological polar surface area (TPSA) is 61.4 Å². The van der Waals surface area contributed by atoms with Gasteiger partial charge in [0, 0.05) is 43.7 Å². The quantitative estimate of drug-likeness (QED) is 0.694. The van der Waals surface area contributed by atoms with Gasteiger partial charge in [-0.1, -0.05) is 12.8 Å². The summed E-state index contributed by atoms with van der Waals surface area (Å²) in [5.74, 6) is 2.34. The highest BCUT2D eigenvalue weighted by atomic mass is 35.5. The Morgan fingerprint density at radius 2 is 2.15 bits per heavy atom. The van der Waals surface area contributed by atoms with Crippen molar-refractivity contribution in [3.05, 3.63) is 0 Å². The van der Waals surface area contributed by atoms with Crippen LogP contribution in [0.15, 0.2) is 0 Å². The highest BCUT2D eigenvalue weighted by Gasteiger charge is 2.33. The summed E-state index contributed by atoms with van der Waals surface area (Å²) < 4.78 is 0. The van der Waals surface area contributed by atoms with Gasteiger partial charge in [0.05, 0.1) is 0 Å². The van der Waals surface area contributed by atoms with Gasteiger partial charge >= 0.3 is 0 Å². The van der Waals surface area contributed by atoms with Gasteiger partial charge < -0.3 is 15.7 Å². The van der Waals surface area contributed by atoms with E-state index in [-0.39, 0.29) is 30.3 Å². The van der Waals surface area contributed by atoms with Gasteiger partial charge in [0.1, 0.15) is 0 Å². The van der Waals surface area contributed by atoms with E-state index in [1.807, 2.05) is 11.8 Å². The van der Waals surface area contributed by atoms with Crippen molar-refractivity contribution in [1.29, 1.82) is 0 Å². The van der Waals surface area contributed by atoms with Crippen molar-refractivity contribution in [1.82, 2.24) is 10.6 Å². The van der Waals surface area contributed by atoms with E-state index in [9.17, 15) is 9.90 Å². The number of thioether (sulfide) groups is 1. The lowest BCUT2D eigenvalue weighted by Crippen LogP contribution is -2.43. The molecule has 2 fully saturated rings. The molecular formula is C14H27ClN2O2S. The molecule has 1 saturated carbocycles. The van der Waals surface area contributed by atoms with Gasteiger partial charge in [-0.25, -0.2) is 0 Å². The molecule has 0 aromatic rings. The average Bonchev–Trinajstić information content (AvgIpc) is 2.87. The van der Waals surface area contributed by atoms with E-state index in [4.69, 9.17) is 0 Å². The number of nitrogens with one attached hydrogen (secondary N) is 2. The molecule has 0 aromatic carbocycles. The lowest BCUT2D eigenvalue weighted by molar-refractivity contribution is -0.122. The smallest absolute Gasteiger partial charge is 0.221 e. The number of hydrogen-bond donors (Lipinski definition) is 3. The number of aliphatic hydroxyl groups is 1. The fourth-order valence-corrected chi connectivity index (χ4v) is 4.16. The number of amides is 1. The molecule has 118 valence electrons. The number of halogens is 1. The molecule has 3 N–H and O–H groups in total. The molecule has 1 aliphatic heterocycles. The fraction of sp³-hybridized carbons (Fsp3) is 0.929. The molecule has 1 amide bonds. The van der Waals surface area contributed by atoms with Gasteiger partial charge in [0.15, 0.2) is 0 Å². The minimum Gasteiger partial charge on any atom is -0.396 e. The standard InChI is InChI=1S/C14H26N2O2S.ClH/c17-7-5-14(3-1-2-4-14)11-16-13(18)9-12-10-19-8-6-15-12;/h12,15,17H,1-11H2,(H,16,18);1H. The molecule has 1 saturated heterocycles. The molecule has 0 bridgehead atoms. The van der Waals surface area contributed by atoms with Crippen LogP contribution in [-0.2, 0) is 4.79 Å². The summed E-state index contributed by atoms with van der Waals surface area (Å²) in [4.78, 5) is 12.0. The molecule has 2 aliphatic rings. The first-order valence-electron chi connectivity index (χ1n) is 7.43. The van der Waals surface area contributed by atoms with Crippen LogP contribution in [0, 0.1) is 5.41 Å². The maximum atomic E-state index is 12.0. The predicted molar refractivity (Wildman–Crippen MR) is 86.6 cm³/mol. The SMILES string of the molecule is Cl.O=C(CC1CSCCN1)NCC1(CCO)CCCC1. The second kappa shape index (κ2) is 9.13. The first-order valence-corrected chi connectivity index (χ1v) is 8.58. The Bertz CT molecular complexity index is 293. The molecule has 4 nitrogen and oxygen atoms in total. The van der Waals surface area contributed by atoms with Crippen LogP contribution in [0.4, 0.5) is 0 Å². The number of hydrogen-bond acceptors (Lipinski definition) is 4. The van der Waals surface area contributed by atoms with Crippen LogP contribution in [0.25, 0.3) is 0 Å². The normalized spacial score (nSPS) is 24.9. The van der Waals surface area contributed by atoms with Crippen molar-refractivity contribution in [2.24, 2.45) is 5.41 Å². The van der Waals surface area contributed by atoms with E-state index < -0.39 is 0 Å². The summed E-state index contributed by atoms with van der Waals surface area (Å²) in [6.45, 7) is 1.99. The Kier molecular flexibility index (Phi) is 8.25. The number of rotatable bonds is 6. The molecule has 0 aromatic heterocycles. The summed E-state index contributed by atoms with van der Waals surface area (Å²) in [5, 5.41) is 15.7. The Labute approximate surface area is 132 Å². The summed E-state index contributed by atoms with van der Waals surface area (Å²) in [6, 6.07) is 0.330. The Balaban J connectivity index is 0.00000200. The Morgan fingerprint density at radius 1 is 1.40 bits per heavy atom. The van der Waals surface area contributed by atoms with Crippen molar-refractivity contribution in [3.8, 4) is 0 Å². The summed E-state index contributed by atoms with van der Waals surface area (Å²) >= 11 is 1.92. The first-order chi connectivity index (χ1) is 9.24. The first kappa shape index (κ1) is 18.1. The second-order valence-electron chi connectivity index (χ2n) is 5.89. The molecule has 20 heavy (non-hydrogen) atoms. The van der Waals surface area contributed by atoms with Gasteiger partial charge in [0.2, 0.25) is 5.91 Å². The molecule has 1 heterocycles. The molecule has 1 aliphatic carbocycles. The van der Waals surface area contributed by atoms with E-state index in [0.29, 0.717) is 12.5 Å². The summed E-state index contributed by atoms with van der Waals surface area (Å²) in [6.07, 6.45) is 6.16. The third kappa shape index (κ3) is 5.43. The molecule has 6 heteroatoms. The van der Waals surface area contributed by atoms with Crippen LogP contribution in [0.3, 0.4) is 0 Å². The zero-order valence-electron chi connectivity index (χ0n) is 12.0. The van der Waals surface area contributed by atoms with Crippen molar-refractivity contribution in [2.45, 2.75) is 44.6 Å². The number of carbonyl (C=O) groups excluding carboxylic acids is 1. The summed E-state index contributed by atoms with van der Waals surface area (Å²) in [5.41, 5.74) is 0.166. The van der Waals surface area contributed by atoms with Crippen LogP contribution in [0.5, 0.6) is 0 Å². The van der Waals surface area contributed by atoms with Crippen LogP contribution in [-0.4, -0.2) is 48.3 Å². The number of carbonyl (C=O) groups is 1. The Hall–Kier alpha value is 0.0300. The second-order valence-corrected chi connectivity index (χ2v) is 7.04. The van der Waals surface area contributed by atoms with E-state index in [0.717, 1.165) is 43.9 Å². The van der Waals surface area contributed by atoms with E-state index in [1.165, 1.54) is 12.8 Å². The van der Waals surface area contributed by atoms with Gasteiger partial charge in [-0.15, -0.1) is 12.4 Å². The van der Waals surface area contributed by atoms with Crippen molar-refractivity contribution in [2.75, 3.05) is 31.2 Å². The van der Waals surface area contributed by atoms with Crippen molar-refractivity contribution < 1.29 is 9.90 Å². The van der Waals surface area contributed by atoms with Crippen molar-refractivity contribution in [3.63, 3.8) is 0 Å². The van der Waals surface area contributed by atoms with Crippen LogP contribution in [0.2, 0.25) is 0 Å². The molecule has 2 rings (SSSR count). The van der Waals surface area contributed by atoms with Gasteiger partial charge in [-0.3, -0.25) is 4.79 Å². The predicted octanol–water partition coefficient (Wildman–Crippen LogP) is 1.56. The van der Waals surface area contributed by atoms with E-state index in [2.05, 4.69) is 10.6 Å². The molecule has 1 unspecified atom stereocenters. The third-order valence-corrected chi connectivity index (χ3v) is 5.53. The van der Waals surface area contributed by atoms with Crippen LogP contribution in [0.1, 0.15) is 38.5 Å². The molecular weight excluding hydrogens is 296 g/mol. The van der Waals surface area contributed by atoms with Crippen LogP contribution >= 0.6 is 24.2 Å². The maximum absolute atomic E-state index is 12.0. The summed E-state index contributed by atoms with van der Waals surface area (Å²) in [7, 11) is 0. The lowest BCUT2D eigenvalue weighted by Gasteiger charge is -2.29. The zero-order valence-corrected chi connectivity index (χ0v) is 13.7. The molecule has 0 spiro atoms. The minimum atomic E-state index is 0.